The van der Waals surface area contributed by atoms with Crippen molar-refractivity contribution in [1.82, 2.24) is 19.6 Å². The fourth-order valence-corrected chi connectivity index (χ4v) is 2.91. The van der Waals surface area contributed by atoms with Crippen LogP contribution >= 0.6 is 11.6 Å². The van der Waals surface area contributed by atoms with E-state index in [-0.39, 0.29) is 0 Å². The van der Waals surface area contributed by atoms with E-state index in [1.807, 2.05) is 11.4 Å². The fourth-order valence-electron chi connectivity index (χ4n) is 2.75. The van der Waals surface area contributed by atoms with Crippen molar-refractivity contribution in [3.8, 4) is 0 Å². The highest BCUT2D eigenvalue weighted by Crippen LogP contribution is 2.29. The molecule has 0 radical (unpaired) electrons. The maximum absolute atomic E-state index is 6.30. The van der Waals surface area contributed by atoms with Crippen LogP contribution in [0.3, 0.4) is 0 Å². The van der Waals surface area contributed by atoms with Crippen molar-refractivity contribution in [2.45, 2.75) is 53.5 Å². The van der Waals surface area contributed by atoms with Gasteiger partial charge in [0.1, 0.15) is 17.3 Å². The zero-order valence-corrected chi connectivity index (χ0v) is 14.2. The number of halogens is 1. The zero-order chi connectivity index (χ0) is 15.6. The largest absolute Gasteiger partial charge is 0.353 e. The summed E-state index contributed by atoms with van der Waals surface area (Å²) in [5.41, 5.74) is 0.960. The van der Waals surface area contributed by atoms with Gasteiger partial charge in [-0.15, -0.1) is 0 Å². The van der Waals surface area contributed by atoms with Gasteiger partial charge in [0.15, 0.2) is 0 Å². The number of hydrogen-bond donors (Lipinski definition) is 0. The number of hydrogen-bond acceptors (Lipinski definition) is 4. The van der Waals surface area contributed by atoms with Gasteiger partial charge in [0.05, 0.1) is 0 Å². The highest BCUT2D eigenvalue weighted by Gasteiger charge is 2.24. The molecule has 2 heterocycles. The van der Waals surface area contributed by atoms with Gasteiger partial charge in [0.25, 0.3) is 5.78 Å². The quantitative estimate of drug-likeness (QED) is 0.763. The number of rotatable bonds is 6. The zero-order valence-electron chi connectivity index (χ0n) is 13.5. The molecule has 0 N–H and O–H groups in total. The molecular weight excluding hydrogens is 286 g/mol. The molecule has 0 aliphatic carbocycles. The number of fused-ring (bicyclic) bond motifs is 1. The van der Waals surface area contributed by atoms with Gasteiger partial charge < -0.3 is 4.90 Å². The summed E-state index contributed by atoms with van der Waals surface area (Å²) in [6.45, 7) is 11.9. The minimum atomic E-state index is 0.456. The lowest BCUT2D eigenvalue weighted by atomic mass is 10.1. The lowest BCUT2D eigenvalue weighted by molar-refractivity contribution is 0.498. The van der Waals surface area contributed by atoms with Gasteiger partial charge in [-0.1, -0.05) is 39.3 Å². The minimum absolute atomic E-state index is 0.456. The maximum atomic E-state index is 6.30. The van der Waals surface area contributed by atoms with Crippen LogP contribution in [0.15, 0.2) is 6.33 Å². The molecule has 0 saturated heterocycles. The fraction of sp³-hybridized carbons (Fsp3) is 0.667. The van der Waals surface area contributed by atoms with E-state index in [4.69, 9.17) is 11.6 Å². The van der Waals surface area contributed by atoms with Gasteiger partial charge in [0.2, 0.25) is 0 Å². The molecule has 2 aromatic rings. The van der Waals surface area contributed by atoms with Gasteiger partial charge in [-0.25, -0.2) is 0 Å². The molecule has 21 heavy (non-hydrogen) atoms. The average molecular weight is 310 g/mol. The van der Waals surface area contributed by atoms with Crippen LogP contribution in [-0.4, -0.2) is 32.2 Å². The van der Waals surface area contributed by atoms with E-state index in [0.29, 0.717) is 22.9 Å². The molecule has 0 amide bonds. The number of nitrogens with zero attached hydrogens (tertiary/aromatic N) is 5. The summed E-state index contributed by atoms with van der Waals surface area (Å²) in [5, 5.41) is 4.85. The molecule has 116 valence electrons. The second-order valence-electron chi connectivity index (χ2n) is 5.84. The van der Waals surface area contributed by atoms with Crippen LogP contribution in [0.5, 0.6) is 0 Å². The Bertz CT molecular complexity index is 603. The molecule has 0 aliphatic heterocycles. The standard InChI is InChI=1S/C15H24ClN5/c1-6-12(7-2)20(8-10(3)4)14-11(5)13(16)19-15-17-9-18-21(14)15/h9-10,12H,6-8H2,1-5H3. The molecule has 0 fully saturated rings. The Hall–Kier alpha value is -1.36. The SMILES string of the molecule is CCC(CC)N(CC(C)C)c1c(C)c(Cl)nc2ncnn12. The molecule has 0 aromatic carbocycles. The van der Waals surface area contributed by atoms with E-state index in [1.165, 1.54) is 6.33 Å². The summed E-state index contributed by atoms with van der Waals surface area (Å²) in [4.78, 5) is 10.9. The monoisotopic (exact) mass is 309 g/mol. The Morgan fingerprint density at radius 2 is 1.95 bits per heavy atom. The summed E-state index contributed by atoms with van der Waals surface area (Å²) in [6.07, 6.45) is 3.69. The summed E-state index contributed by atoms with van der Waals surface area (Å²) < 4.78 is 1.81. The first kappa shape index (κ1) is 16.0. The highest BCUT2D eigenvalue weighted by molar-refractivity contribution is 6.30. The van der Waals surface area contributed by atoms with Gasteiger partial charge >= 0.3 is 0 Å². The van der Waals surface area contributed by atoms with Crippen LogP contribution in [0.1, 0.15) is 46.1 Å². The predicted octanol–water partition coefficient (Wildman–Crippen LogP) is 3.74. The van der Waals surface area contributed by atoms with Crippen molar-refractivity contribution in [2.24, 2.45) is 5.92 Å². The van der Waals surface area contributed by atoms with Gasteiger partial charge in [-0.3, -0.25) is 0 Å². The Balaban J connectivity index is 2.62. The smallest absolute Gasteiger partial charge is 0.255 e. The first-order valence-electron chi connectivity index (χ1n) is 7.62. The van der Waals surface area contributed by atoms with Crippen molar-refractivity contribution in [3.05, 3.63) is 17.0 Å². The van der Waals surface area contributed by atoms with E-state index in [0.717, 1.165) is 30.8 Å². The Morgan fingerprint density at radius 1 is 1.29 bits per heavy atom. The molecule has 0 saturated carbocycles. The van der Waals surface area contributed by atoms with E-state index in [9.17, 15) is 0 Å². The average Bonchev–Trinajstić information content (AvgIpc) is 2.87. The third kappa shape index (κ3) is 3.12. The molecule has 0 atom stereocenters. The van der Waals surface area contributed by atoms with E-state index in [2.05, 4.69) is 47.7 Å². The number of aromatic nitrogens is 4. The van der Waals surface area contributed by atoms with Crippen molar-refractivity contribution >= 4 is 23.2 Å². The van der Waals surface area contributed by atoms with Crippen molar-refractivity contribution in [1.29, 1.82) is 0 Å². The second kappa shape index (κ2) is 6.60. The van der Waals surface area contributed by atoms with E-state index in [1.54, 1.807) is 0 Å². The van der Waals surface area contributed by atoms with E-state index < -0.39 is 0 Å². The van der Waals surface area contributed by atoms with Gasteiger partial charge in [0, 0.05) is 18.2 Å². The van der Waals surface area contributed by atoms with Crippen molar-refractivity contribution in [2.75, 3.05) is 11.4 Å². The highest BCUT2D eigenvalue weighted by atomic mass is 35.5. The Labute approximate surface area is 131 Å². The van der Waals surface area contributed by atoms with Crippen LogP contribution in [0.2, 0.25) is 5.15 Å². The van der Waals surface area contributed by atoms with E-state index >= 15 is 0 Å². The minimum Gasteiger partial charge on any atom is -0.353 e. The lowest BCUT2D eigenvalue weighted by Gasteiger charge is -2.35. The van der Waals surface area contributed by atoms with Gasteiger partial charge in [-0.2, -0.15) is 19.6 Å². The molecular formula is C15H24ClN5. The summed E-state index contributed by atoms with van der Waals surface area (Å²) in [7, 11) is 0. The number of anilines is 1. The van der Waals surface area contributed by atoms with Crippen LogP contribution in [0.4, 0.5) is 5.82 Å². The topological polar surface area (TPSA) is 46.3 Å². The maximum Gasteiger partial charge on any atom is 0.255 e. The van der Waals surface area contributed by atoms with Crippen LogP contribution in [-0.2, 0) is 0 Å². The molecule has 0 bridgehead atoms. The predicted molar refractivity (Wildman–Crippen MR) is 87.1 cm³/mol. The summed E-state index contributed by atoms with van der Waals surface area (Å²) in [5.74, 6) is 2.13. The molecule has 0 aliphatic rings. The normalized spacial score (nSPS) is 11.8. The molecule has 0 unspecified atom stereocenters. The molecule has 0 spiro atoms. The first-order chi connectivity index (χ1) is 9.99. The molecule has 2 aromatic heterocycles. The van der Waals surface area contributed by atoms with Crippen LogP contribution in [0, 0.1) is 12.8 Å². The molecule has 2 rings (SSSR count). The summed E-state index contributed by atoms with van der Waals surface area (Å²) >= 11 is 6.30. The first-order valence-corrected chi connectivity index (χ1v) is 7.99. The molecule has 5 nitrogen and oxygen atoms in total. The van der Waals surface area contributed by atoms with Crippen molar-refractivity contribution < 1.29 is 0 Å². The summed E-state index contributed by atoms with van der Waals surface area (Å²) in [6, 6.07) is 0.456. The lowest BCUT2D eigenvalue weighted by Crippen LogP contribution is -2.39. The second-order valence-corrected chi connectivity index (χ2v) is 6.20. The Kier molecular flexibility index (Phi) is 5.04. The Morgan fingerprint density at radius 3 is 2.52 bits per heavy atom. The van der Waals surface area contributed by atoms with Crippen LogP contribution < -0.4 is 4.90 Å². The third-order valence-electron chi connectivity index (χ3n) is 3.79. The molecule has 6 heteroatoms. The van der Waals surface area contributed by atoms with Crippen LogP contribution in [0.25, 0.3) is 5.78 Å². The van der Waals surface area contributed by atoms with Gasteiger partial charge in [-0.05, 0) is 25.7 Å². The third-order valence-corrected chi connectivity index (χ3v) is 4.16. The van der Waals surface area contributed by atoms with Crippen molar-refractivity contribution in [3.63, 3.8) is 0 Å².